The number of nitrogens with zero attached hydrogens (tertiary/aromatic N) is 1. The van der Waals surface area contributed by atoms with Gasteiger partial charge in [0.2, 0.25) is 0 Å². The minimum Gasteiger partial charge on any atom is -0.481 e. The Bertz CT molecular complexity index is 227. The molecule has 0 aromatic rings. The molecule has 1 aliphatic heterocycles. The van der Waals surface area contributed by atoms with Gasteiger partial charge in [0.1, 0.15) is 0 Å². The molecule has 1 aliphatic rings. The quantitative estimate of drug-likeness (QED) is 0.686. The largest absolute Gasteiger partial charge is 0.481 e. The fourth-order valence-corrected chi connectivity index (χ4v) is 2.33. The van der Waals surface area contributed by atoms with Gasteiger partial charge in [-0.3, -0.25) is 4.79 Å². The van der Waals surface area contributed by atoms with E-state index in [-0.39, 0.29) is 6.42 Å². The summed E-state index contributed by atoms with van der Waals surface area (Å²) in [6, 6.07) is 0. The van der Waals surface area contributed by atoms with E-state index in [4.69, 9.17) is 9.84 Å². The summed E-state index contributed by atoms with van der Waals surface area (Å²) in [5.74, 6) is -0.176. The number of ether oxygens (including phenoxy) is 1. The van der Waals surface area contributed by atoms with Crippen molar-refractivity contribution >= 4 is 5.97 Å². The van der Waals surface area contributed by atoms with Crippen molar-refractivity contribution in [2.75, 3.05) is 33.4 Å². The molecule has 1 atom stereocenters. The summed E-state index contributed by atoms with van der Waals surface area (Å²) >= 11 is 0. The Morgan fingerprint density at radius 3 is 2.65 bits per heavy atom. The average molecular weight is 245 g/mol. The van der Waals surface area contributed by atoms with Crippen molar-refractivity contribution in [2.45, 2.75) is 31.8 Å². The fourth-order valence-electron chi connectivity index (χ4n) is 2.33. The lowest BCUT2D eigenvalue weighted by Crippen LogP contribution is -2.40. The molecule has 0 saturated carbocycles. The summed E-state index contributed by atoms with van der Waals surface area (Å²) in [4.78, 5) is 12.7. The molecule has 0 aromatic carbocycles. The van der Waals surface area contributed by atoms with E-state index in [0.717, 1.165) is 32.4 Å². The molecule has 5 nitrogen and oxygen atoms in total. The van der Waals surface area contributed by atoms with Gasteiger partial charge in [-0.05, 0) is 38.3 Å². The third-order valence-corrected chi connectivity index (χ3v) is 3.30. The van der Waals surface area contributed by atoms with Crippen molar-refractivity contribution in [3.8, 4) is 0 Å². The number of aliphatic hydroxyl groups is 1. The second kappa shape index (κ2) is 7.63. The second-order valence-corrected chi connectivity index (χ2v) is 4.79. The Balaban J connectivity index is 2.14. The van der Waals surface area contributed by atoms with Crippen LogP contribution in [0.1, 0.15) is 25.7 Å². The number of likely N-dealkylation sites (tertiary alicyclic amines) is 1. The van der Waals surface area contributed by atoms with Crippen molar-refractivity contribution in [1.82, 2.24) is 4.90 Å². The summed E-state index contributed by atoms with van der Waals surface area (Å²) in [5, 5.41) is 18.2. The number of methoxy groups -OCH3 is 1. The SMILES string of the molecule is COCC(O)CN1CCC(CCC(=O)O)CC1. The van der Waals surface area contributed by atoms with Gasteiger partial charge in [0.05, 0.1) is 12.7 Å². The maximum atomic E-state index is 10.5. The first-order valence-electron chi connectivity index (χ1n) is 6.23. The lowest BCUT2D eigenvalue weighted by atomic mass is 9.92. The maximum Gasteiger partial charge on any atom is 0.303 e. The zero-order valence-corrected chi connectivity index (χ0v) is 10.5. The van der Waals surface area contributed by atoms with E-state index < -0.39 is 12.1 Å². The number of carboxylic acid groups (broad SMARTS) is 1. The summed E-state index contributed by atoms with van der Waals surface area (Å²) < 4.78 is 4.89. The number of hydrogen-bond donors (Lipinski definition) is 2. The van der Waals surface area contributed by atoms with E-state index in [0.29, 0.717) is 19.1 Å². The third kappa shape index (κ3) is 6.00. The van der Waals surface area contributed by atoms with Crippen molar-refractivity contribution in [1.29, 1.82) is 0 Å². The van der Waals surface area contributed by atoms with Gasteiger partial charge in [-0.1, -0.05) is 0 Å². The molecule has 1 rings (SSSR count). The van der Waals surface area contributed by atoms with Crippen LogP contribution in [0.2, 0.25) is 0 Å². The number of hydrogen-bond acceptors (Lipinski definition) is 4. The minimum absolute atomic E-state index is 0.275. The van der Waals surface area contributed by atoms with E-state index in [1.165, 1.54) is 0 Å². The Kier molecular flexibility index (Phi) is 6.47. The minimum atomic E-state index is -0.706. The molecule has 0 aliphatic carbocycles. The molecule has 1 unspecified atom stereocenters. The highest BCUT2D eigenvalue weighted by Crippen LogP contribution is 2.21. The highest BCUT2D eigenvalue weighted by atomic mass is 16.5. The summed E-state index contributed by atoms with van der Waals surface area (Å²) in [7, 11) is 1.58. The van der Waals surface area contributed by atoms with E-state index in [2.05, 4.69) is 4.90 Å². The van der Waals surface area contributed by atoms with E-state index >= 15 is 0 Å². The molecule has 1 fully saturated rings. The van der Waals surface area contributed by atoms with Gasteiger partial charge in [0.25, 0.3) is 0 Å². The number of aliphatic carboxylic acids is 1. The van der Waals surface area contributed by atoms with Crippen LogP contribution in [0.15, 0.2) is 0 Å². The lowest BCUT2D eigenvalue weighted by molar-refractivity contribution is -0.137. The number of aliphatic hydroxyl groups excluding tert-OH is 1. The van der Waals surface area contributed by atoms with Crippen LogP contribution in [-0.4, -0.2) is 60.5 Å². The number of carboxylic acids is 1. The van der Waals surface area contributed by atoms with Crippen molar-refractivity contribution in [3.05, 3.63) is 0 Å². The Labute approximate surface area is 102 Å². The molecular formula is C12H23NO4. The molecule has 2 N–H and O–H groups in total. The lowest BCUT2D eigenvalue weighted by Gasteiger charge is -2.32. The smallest absolute Gasteiger partial charge is 0.303 e. The van der Waals surface area contributed by atoms with Crippen LogP contribution in [0.4, 0.5) is 0 Å². The predicted molar refractivity (Wildman–Crippen MR) is 63.9 cm³/mol. The molecule has 1 saturated heterocycles. The first-order valence-corrected chi connectivity index (χ1v) is 6.23. The van der Waals surface area contributed by atoms with Crippen LogP contribution in [0.3, 0.4) is 0 Å². The van der Waals surface area contributed by atoms with Gasteiger partial charge >= 0.3 is 5.97 Å². The standard InChI is InChI=1S/C12H23NO4/c1-17-9-11(14)8-13-6-4-10(5-7-13)2-3-12(15)16/h10-11,14H,2-9H2,1H3,(H,15,16). The highest BCUT2D eigenvalue weighted by molar-refractivity contribution is 5.66. The van der Waals surface area contributed by atoms with Gasteiger partial charge in [-0.25, -0.2) is 0 Å². The molecule has 0 bridgehead atoms. The topological polar surface area (TPSA) is 70.0 Å². The third-order valence-electron chi connectivity index (χ3n) is 3.30. The Hall–Kier alpha value is -0.650. The average Bonchev–Trinajstić information content (AvgIpc) is 2.28. The van der Waals surface area contributed by atoms with Crippen LogP contribution in [-0.2, 0) is 9.53 Å². The summed E-state index contributed by atoms with van der Waals surface area (Å²) in [5.41, 5.74) is 0. The molecule has 1 heterocycles. The van der Waals surface area contributed by atoms with E-state index in [1.807, 2.05) is 0 Å². The first-order chi connectivity index (χ1) is 8.11. The van der Waals surface area contributed by atoms with Gasteiger partial charge in [0, 0.05) is 20.1 Å². The number of rotatable bonds is 7. The van der Waals surface area contributed by atoms with Crippen molar-refractivity contribution < 1.29 is 19.7 Å². The number of piperidine rings is 1. The summed E-state index contributed by atoms with van der Waals surface area (Å²) in [6.07, 6.45) is 2.70. The number of carbonyl (C=O) groups is 1. The molecule has 17 heavy (non-hydrogen) atoms. The molecule has 0 spiro atoms. The van der Waals surface area contributed by atoms with Crippen LogP contribution in [0.25, 0.3) is 0 Å². The van der Waals surface area contributed by atoms with Crippen LogP contribution in [0.5, 0.6) is 0 Å². The first kappa shape index (κ1) is 14.4. The predicted octanol–water partition coefficient (Wildman–Crippen LogP) is 0.570. The fraction of sp³-hybridized carbons (Fsp3) is 0.917. The second-order valence-electron chi connectivity index (χ2n) is 4.79. The molecule has 5 heteroatoms. The monoisotopic (exact) mass is 245 g/mol. The summed E-state index contributed by atoms with van der Waals surface area (Å²) in [6.45, 7) is 2.93. The van der Waals surface area contributed by atoms with Crippen LogP contribution in [0, 0.1) is 5.92 Å². The maximum absolute atomic E-state index is 10.5. The molecular weight excluding hydrogens is 222 g/mol. The number of β-amino-alcohol motifs (C(OH)–C–C–N with tert-alkyl or cyclic N) is 1. The Morgan fingerprint density at radius 1 is 1.47 bits per heavy atom. The zero-order chi connectivity index (χ0) is 12.7. The molecule has 0 radical (unpaired) electrons. The van der Waals surface area contributed by atoms with Crippen molar-refractivity contribution in [3.63, 3.8) is 0 Å². The highest BCUT2D eigenvalue weighted by Gasteiger charge is 2.21. The van der Waals surface area contributed by atoms with Gasteiger partial charge in [-0.2, -0.15) is 0 Å². The van der Waals surface area contributed by atoms with Gasteiger partial charge in [-0.15, -0.1) is 0 Å². The zero-order valence-electron chi connectivity index (χ0n) is 10.5. The Morgan fingerprint density at radius 2 is 2.12 bits per heavy atom. The van der Waals surface area contributed by atoms with Gasteiger partial charge < -0.3 is 19.8 Å². The molecule has 0 amide bonds. The van der Waals surface area contributed by atoms with Crippen LogP contribution < -0.4 is 0 Å². The van der Waals surface area contributed by atoms with E-state index in [9.17, 15) is 9.90 Å². The van der Waals surface area contributed by atoms with Crippen LogP contribution >= 0.6 is 0 Å². The normalized spacial score (nSPS) is 20.4. The van der Waals surface area contributed by atoms with Gasteiger partial charge in [0.15, 0.2) is 0 Å². The van der Waals surface area contributed by atoms with Crippen molar-refractivity contribution in [2.24, 2.45) is 5.92 Å². The molecule has 0 aromatic heterocycles. The van der Waals surface area contributed by atoms with E-state index in [1.54, 1.807) is 7.11 Å². The molecule has 100 valence electrons.